The summed E-state index contributed by atoms with van der Waals surface area (Å²) in [6.45, 7) is 1.38. The molecule has 2 aromatic rings. The molecule has 1 aliphatic heterocycles. The SMILES string of the molecule is N#CC(NC(=O)C1CCN(c2cnccn2)CC1)c1ccccc1F. The minimum Gasteiger partial charge on any atom is -0.355 e. The Kier molecular flexibility index (Phi) is 5.19. The quantitative estimate of drug-likeness (QED) is 0.923. The van der Waals surface area contributed by atoms with Gasteiger partial charge in [-0.15, -0.1) is 0 Å². The van der Waals surface area contributed by atoms with Crippen molar-refractivity contribution >= 4 is 11.7 Å². The summed E-state index contributed by atoms with van der Waals surface area (Å²) in [5, 5.41) is 11.9. The van der Waals surface area contributed by atoms with Crippen LogP contribution in [0, 0.1) is 23.1 Å². The number of hydrogen-bond donors (Lipinski definition) is 1. The number of halogens is 1. The van der Waals surface area contributed by atoms with E-state index in [0.717, 1.165) is 5.82 Å². The van der Waals surface area contributed by atoms with Gasteiger partial charge < -0.3 is 10.2 Å². The number of piperidine rings is 1. The van der Waals surface area contributed by atoms with Gasteiger partial charge in [0, 0.05) is 37.0 Å². The van der Waals surface area contributed by atoms with Crippen LogP contribution in [-0.2, 0) is 4.79 Å². The van der Waals surface area contributed by atoms with Gasteiger partial charge in [-0.1, -0.05) is 18.2 Å². The number of carbonyl (C=O) groups excluding carboxylic acids is 1. The Labute approximate surface area is 145 Å². The molecule has 1 aliphatic rings. The number of carbonyl (C=O) groups is 1. The summed E-state index contributed by atoms with van der Waals surface area (Å²) in [6, 6.07) is 6.98. The first-order chi connectivity index (χ1) is 12.2. The van der Waals surface area contributed by atoms with Gasteiger partial charge in [-0.2, -0.15) is 5.26 Å². The van der Waals surface area contributed by atoms with Crippen molar-refractivity contribution < 1.29 is 9.18 Å². The Bertz CT molecular complexity index is 769. The summed E-state index contributed by atoms with van der Waals surface area (Å²) >= 11 is 0. The van der Waals surface area contributed by atoms with Crippen molar-refractivity contribution in [3.8, 4) is 6.07 Å². The van der Waals surface area contributed by atoms with E-state index < -0.39 is 11.9 Å². The van der Waals surface area contributed by atoms with Gasteiger partial charge in [0.15, 0.2) is 0 Å². The van der Waals surface area contributed by atoms with Crippen LogP contribution in [0.2, 0.25) is 0 Å². The normalized spacial score (nSPS) is 16.1. The Hall–Kier alpha value is -3.01. The smallest absolute Gasteiger partial charge is 0.224 e. The summed E-state index contributed by atoms with van der Waals surface area (Å²) in [4.78, 5) is 22.9. The van der Waals surface area contributed by atoms with Crippen molar-refractivity contribution in [2.24, 2.45) is 5.92 Å². The molecule has 1 N–H and O–H groups in total. The average molecular weight is 339 g/mol. The highest BCUT2D eigenvalue weighted by atomic mass is 19.1. The molecule has 1 fully saturated rings. The first-order valence-electron chi connectivity index (χ1n) is 8.14. The van der Waals surface area contributed by atoms with Gasteiger partial charge >= 0.3 is 0 Å². The third-order valence-corrected chi connectivity index (χ3v) is 4.37. The number of hydrogen-bond acceptors (Lipinski definition) is 5. The van der Waals surface area contributed by atoms with Crippen LogP contribution in [0.15, 0.2) is 42.9 Å². The predicted molar refractivity (Wildman–Crippen MR) is 89.9 cm³/mol. The van der Waals surface area contributed by atoms with E-state index in [1.54, 1.807) is 30.7 Å². The van der Waals surface area contributed by atoms with Gasteiger partial charge in [0.05, 0.1) is 12.3 Å². The minimum atomic E-state index is -0.980. The lowest BCUT2D eigenvalue weighted by Crippen LogP contribution is -2.41. The molecule has 0 aliphatic carbocycles. The number of nitriles is 1. The van der Waals surface area contributed by atoms with E-state index >= 15 is 0 Å². The number of rotatable bonds is 4. The third-order valence-electron chi connectivity index (χ3n) is 4.37. The minimum absolute atomic E-state index is 0.190. The lowest BCUT2D eigenvalue weighted by Gasteiger charge is -2.32. The second-order valence-corrected chi connectivity index (χ2v) is 5.92. The fraction of sp³-hybridized carbons (Fsp3) is 0.333. The molecule has 0 bridgehead atoms. The van der Waals surface area contributed by atoms with Crippen LogP contribution in [0.5, 0.6) is 0 Å². The number of nitrogens with zero attached hydrogens (tertiary/aromatic N) is 4. The van der Waals surface area contributed by atoms with Gasteiger partial charge in [0.2, 0.25) is 5.91 Å². The first-order valence-corrected chi connectivity index (χ1v) is 8.14. The molecule has 0 radical (unpaired) electrons. The molecule has 1 unspecified atom stereocenters. The van der Waals surface area contributed by atoms with Gasteiger partial charge in [0.1, 0.15) is 17.7 Å². The molecular formula is C18H18FN5O. The highest BCUT2D eigenvalue weighted by molar-refractivity contribution is 5.79. The standard InChI is InChI=1S/C18H18FN5O/c19-15-4-2-1-3-14(15)16(11-20)23-18(25)13-5-9-24(10-6-13)17-12-21-7-8-22-17/h1-4,7-8,12-13,16H,5-6,9-10H2,(H,23,25). The third kappa shape index (κ3) is 3.91. The molecule has 1 amide bonds. The van der Waals surface area contributed by atoms with Crippen LogP contribution in [0.1, 0.15) is 24.4 Å². The van der Waals surface area contributed by atoms with Crippen molar-refractivity contribution in [3.05, 3.63) is 54.2 Å². The van der Waals surface area contributed by atoms with E-state index in [9.17, 15) is 14.4 Å². The number of anilines is 1. The Balaban J connectivity index is 1.59. The lowest BCUT2D eigenvalue weighted by molar-refractivity contribution is -0.126. The largest absolute Gasteiger partial charge is 0.355 e. The highest BCUT2D eigenvalue weighted by Crippen LogP contribution is 2.23. The fourth-order valence-corrected chi connectivity index (χ4v) is 2.97. The van der Waals surface area contributed by atoms with Crippen LogP contribution >= 0.6 is 0 Å². The van der Waals surface area contributed by atoms with E-state index in [2.05, 4.69) is 20.2 Å². The summed E-state index contributed by atoms with van der Waals surface area (Å²) in [6.07, 6.45) is 6.26. The lowest BCUT2D eigenvalue weighted by atomic mass is 9.95. The molecule has 0 spiro atoms. The number of aromatic nitrogens is 2. The molecule has 7 heteroatoms. The monoisotopic (exact) mass is 339 g/mol. The van der Waals surface area contributed by atoms with Crippen molar-refractivity contribution in [1.29, 1.82) is 5.26 Å². The van der Waals surface area contributed by atoms with Crippen molar-refractivity contribution in [3.63, 3.8) is 0 Å². The maximum absolute atomic E-state index is 13.8. The van der Waals surface area contributed by atoms with Crippen molar-refractivity contribution in [1.82, 2.24) is 15.3 Å². The molecule has 6 nitrogen and oxygen atoms in total. The topological polar surface area (TPSA) is 81.9 Å². The van der Waals surface area contributed by atoms with Crippen LogP contribution in [-0.4, -0.2) is 29.0 Å². The number of benzene rings is 1. The molecule has 2 heterocycles. The number of amides is 1. The van der Waals surface area contributed by atoms with Gasteiger partial charge in [-0.05, 0) is 18.9 Å². The molecule has 1 saturated heterocycles. The maximum atomic E-state index is 13.8. The molecule has 1 atom stereocenters. The Morgan fingerprint density at radius 2 is 2.08 bits per heavy atom. The van der Waals surface area contributed by atoms with Gasteiger partial charge in [-0.3, -0.25) is 9.78 Å². The second-order valence-electron chi connectivity index (χ2n) is 5.92. The van der Waals surface area contributed by atoms with Crippen LogP contribution in [0.25, 0.3) is 0 Å². The van der Waals surface area contributed by atoms with Crippen LogP contribution in [0.3, 0.4) is 0 Å². The summed E-state index contributed by atoms with van der Waals surface area (Å²) in [5.41, 5.74) is 0.190. The molecule has 1 aromatic carbocycles. The zero-order chi connectivity index (χ0) is 17.6. The highest BCUT2D eigenvalue weighted by Gasteiger charge is 2.28. The summed E-state index contributed by atoms with van der Waals surface area (Å²) in [5.74, 6) is -0.112. The summed E-state index contributed by atoms with van der Waals surface area (Å²) in [7, 11) is 0. The van der Waals surface area contributed by atoms with Gasteiger partial charge in [-0.25, -0.2) is 9.37 Å². The van der Waals surface area contributed by atoms with Gasteiger partial charge in [0.25, 0.3) is 0 Å². The molecule has 1 aromatic heterocycles. The zero-order valence-electron chi connectivity index (χ0n) is 13.6. The van der Waals surface area contributed by atoms with E-state index in [1.165, 1.54) is 12.1 Å². The molecular weight excluding hydrogens is 321 g/mol. The van der Waals surface area contributed by atoms with E-state index in [0.29, 0.717) is 25.9 Å². The van der Waals surface area contributed by atoms with E-state index in [4.69, 9.17) is 0 Å². The van der Waals surface area contributed by atoms with Crippen molar-refractivity contribution in [2.75, 3.05) is 18.0 Å². The predicted octanol–water partition coefficient (Wildman–Crippen LogP) is 2.21. The van der Waals surface area contributed by atoms with Crippen LogP contribution in [0.4, 0.5) is 10.2 Å². The zero-order valence-corrected chi connectivity index (χ0v) is 13.6. The fourth-order valence-electron chi connectivity index (χ4n) is 2.97. The van der Waals surface area contributed by atoms with E-state index in [-0.39, 0.29) is 17.4 Å². The van der Waals surface area contributed by atoms with E-state index in [1.807, 2.05) is 6.07 Å². The maximum Gasteiger partial charge on any atom is 0.224 e. The molecule has 128 valence electrons. The Morgan fingerprint density at radius 3 is 2.72 bits per heavy atom. The molecule has 25 heavy (non-hydrogen) atoms. The second kappa shape index (κ2) is 7.71. The molecule has 0 saturated carbocycles. The Morgan fingerprint density at radius 1 is 1.32 bits per heavy atom. The molecule has 3 rings (SSSR count). The van der Waals surface area contributed by atoms with Crippen LogP contribution < -0.4 is 10.2 Å². The number of nitrogens with one attached hydrogen (secondary N) is 1. The van der Waals surface area contributed by atoms with Crippen molar-refractivity contribution in [2.45, 2.75) is 18.9 Å². The average Bonchev–Trinajstić information content (AvgIpc) is 2.67. The first kappa shape index (κ1) is 16.8. The summed E-state index contributed by atoms with van der Waals surface area (Å²) < 4.78 is 13.8.